The summed E-state index contributed by atoms with van der Waals surface area (Å²) < 4.78 is 0. The van der Waals surface area contributed by atoms with Gasteiger partial charge in [-0.3, -0.25) is 0 Å². The zero-order valence-corrected chi connectivity index (χ0v) is 18.7. The molecule has 3 aromatic heterocycles. The van der Waals surface area contributed by atoms with Crippen molar-refractivity contribution in [2.24, 2.45) is 0 Å². The molecule has 0 saturated carbocycles. The van der Waals surface area contributed by atoms with E-state index < -0.39 is 5.97 Å². The van der Waals surface area contributed by atoms with Gasteiger partial charge in [0.1, 0.15) is 0 Å². The second-order valence-electron chi connectivity index (χ2n) is 7.50. The van der Waals surface area contributed by atoms with Gasteiger partial charge in [-0.25, -0.2) is 14.8 Å². The number of nitrogens with one attached hydrogen (secondary N) is 2. The topological polar surface area (TPSA) is 94.7 Å². The second-order valence-corrected chi connectivity index (χ2v) is 7.50. The number of carboxylic acids is 1. The minimum Gasteiger partial charge on any atom is -0.479 e. The third-order valence-electron chi connectivity index (χ3n) is 5.01. The first-order chi connectivity index (χ1) is 16.1. The molecular weight excluding hydrogens is 476 g/mol. The molecule has 0 spiro atoms. The van der Waals surface area contributed by atoms with E-state index in [2.05, 4.69) is 56.3 Å². The van der Waals surface area contributed by atoms with Gasteiger partial charge >= 0.3 is 23.0 Å². The molecule has 1 aromatic carbocycles. The van der Waals surface area contributed by atoms with Gasteiger partial charge in [-0.05, 0) is 78.4 Å². The monoisotopic (exact) mass is 494 g/mol. The molecule has 2 aliphatic rings. The van der Waals surface area contributed by atoms with Crippen LogP contribution in [0.2, 0.25) is 0 Å². The van der Waals surface area contributed by atoms with Crippen LogP contribution in [-0.4, -0.2) is 31.0 Å². The summed E-state index contributed by atoms with van der Waals surface area (Å²) in [6.07, 6.45) is 8.05. The number of rotatable bonds is 1. The maximum absolute atomic E-state index is 10.2. The number of aromatic carboxylic acids is 1. The van der Waals surface area contributed by atoms with Gasteiger partial charge < -0.3 is 15.1 Å². The van der Waals surface area contributed by atoms with E-state index in [4.69, 9.17) is 5.11 Å². The summed E-state index contributed by atoms with van der Waals surface area (Å²) in [5.74, 6) is -0.899. The van der Waals surface area contributed by atoms with E-state index in [1.54, 1.807) is 12.1 Å². The number of H-pyrrole nitrogens is 2. The fourth-order valence-electron chi connectivity index (χ4n) is 3.47. The Morgan fingerprint density at radius 1 is 0.647 bits per heavy atom. The average molecular weight is 495 g/mol. The molecule has 0 saturated heterocycles. The molecule has 0 fully saturated rings. The quantitative estimate of drug-likeness (QED) is 0.198. The van der Waals surface area contributed by atoms with E-state index in [1.165, 1.54) is 12.1 Å². The SMILES string of the molecule is C1=Cc2cc3ccc(cc4ccc(cc5nc(cc1n2)C=C5)[nH]4)[nH]3.O=C(O)c1cc[c-]cc1.[Cu+]. The molecule has 170 valence electrons. The maximum Gasteiger partial charge on any atom is 1.00 e. The van der Waals surface area contributed by atoms with Gasteiger partial charge in [0.2, 0.25) is 0 Å². The van der Waals surface area contributed by atoms with Gasteiger partial charge in [0, 0.05) is 22.1 Å². The Hall–Kier alpha value is -4.19. The molecule has 0 unspecified atom stereocenters. The zero-order chi connectivity index (χ0) is 22.6. The number of carbonyl (C=O) groups is 1. The largest absolute Gasteiger partial charge is 1.00 e. The van der Waals surface area contributed by atoms with Gasteiger partial charge in [0.05, 0.1) is 22.8 Å². The molecule has 0 atom stereocenters. The van der Waals surface area contributed by atoms with Gasteiger partial charge in [-0.2, -0.15) is 30.3 Å². The van der Waals surface area contributed by atoms with Crippen molar-refractivity contribution in [3.8, 4) is 0 Å². The summed E-state index contributed by atoms with van der Waals surface area (Å²) in [5, 5.41) is 8.37. The van der Waals surface area contributed by atoms with E-state index in [1.807, 2.05) is 42.5 Å². The van der Waals surface area contributed by atoms with Crippen LogP contribution < -0.4 is 0 Å². The van der Waals surface area contributed by atoms with Crippen LogP contribution in [0.3, 0.4) is 0 Å². The molecular formula is C27H19CuN4O2. The van der Waals surface area contributed by atoms with Crippen molar-refractivity contribution in [1.29, 1.82) is 0 Å². The van der Waals surface area contributed by atoms with Crippen LogP contribution >= 0.6 is 0 Å². The maximum atomic E-state index is 10.2. The smallest absolute Gasteiger partial charge is 0.479 e. The predicted octanol–water partition coefficient (Wildman–Crippen LogP) is 5.84. The summed E-state index contributed by atoms with van der Waals surface area (Å²) in [4.78, 5) is 26.2. The van der Waals surface area contributed by atoms with Gasteiger partial charge in [-0.1, -0.05) is 0 Å². The number of aromatic nitrogens is 4. The Kier molecular flexibility index (Phi) is 6.87. The summed E-state index contributed by atoms with van der Waals surface area (Å²) in [6.45, 7) is 0. The molecule has 2 aliphatic heterocycles. The first kappa shape index (κ1) is 23.0. The van der Waals surface area contributed by atoms with E-state index in [-0.39, 0.29) is 17.1 Å². The van der Waals surface area contributed by atoms with E-state index in [9.17, 15) is 4.79 Å². The van der Waals surface area contributed by atoms with Crippen LogP contribution in [0, 0.1) is 6.07 Å². The number of benzene rings is 1. The van der Waals surface area contributed by atoms with Gasteiger partial charge in [-0.15, -0.1) is 0 Å². The van der Waals surface area contributed by atoms with Crippen LogP contribution in [0.4, 0.5) is 0 Å². The molecule has 8 bridgehead atoms. The average Bonchev–Trinajstić information content (AvgIpc) is 3.61. The number of fused-ring (bicyclic) bond motifs is 8. The van der Waals surface area contributed by atoms with E-state index >= 15 is 0 Å². The predicted molar refractivity (Wildman–Crippen MR) is 131 cm³/mol. The summed E-state index contributed by atoms with van der Waals surface area (Å²) in [5.41, 5.74) is 8.16. The number of hydrogen-bond acceptors (Lipinski definition) is 3. The molecule has 6 rings (SSSR count). The van der Waals surface area contributed by atoms with E-state index in [0.29, 0.717) is 5.56 Å². The molecule has 6 nitrogen and oxygen atoms in total. The molecule has 3 N–H and O–H groups in total. The van der Waals surface area contributed by atoms with Crippen LogP contribution in [0.15, 0.2) is 72.8 Å². The number of hydrogen-bond donors (Lipinski definition) is 3. The normalized spacial score (nSPS) is 11.3. The first-order valence-corrected chi connectivity index (χ1v) is 10.3. The van der Waals surface area contributed by atoms with Gasteiger partial charge in [0.25, 0.3) is 0 Å². The van der Waals surface area contributed by atoms with Crippen molar-refractivity contribution in [2.75, 3.05) is 0 Å². The minimum atomic E-state index is -0.899. The third-order valence-corrected chi connectivity index (χ3v) is 5.01. The Labute approximate surface area is 206 Å². The third kappa shape index (κ3) is 5.59. The van der Waals surface area contributed by atoms with Crippen molar-refractivity contribution >= 4 is 52.3 Å². The molecule has 0 aliphatic carbocycles. The van der Waals surface area contributed by atoms with Crippen molar-refractivity contribution < 1.29 is 27.0 Å². The van der Waals surface area contributed by atoms with Crippen LogP contribution in [0.1, 0.15) is 33.1 Å². The molecule has 0 radical (unpaired) electrons. The van der Waals surface area contributed by atoms with Crippen LogP contribution in [0.5, 0.6) is 0 Å². The number of aromatic amines is 2. The van der Waals surface area contributed by atoms with E-state index in [0.717, 1.165) is 44.8 Å². The Balaban J connectivity index is 0.000000234. The molecule has 4 aromatic rings. The minimum absolute atomic E-state index is 0. The van der Waals surface area contributed by atoms with Crippen LogP contribution in [0.25, 0.3) is 46.4 Å². The molecule has 5 heterocycles. The standard InChI is InChI=1S/C20H14N4.C7H5O2.Cu/c1-2-14-10-16-5-6-18(23-16)12-20-8-7-19(24-20)11-17-4-3-15(22-17)9-13(1)21-14;8-7(9)6-4-2-1-3-5-6;/h1-12,21-22H;2-5H,(H,8,9);/q;-1;+1. The Bertz CT molecular complexity index is 1460. The first-order valence-electron chi connectivity index (χ1n) is 10.3. The van der Waals surface area contributed by atoms with Crippen molar-refractivity contribution in [3.63, 3.8) is 0 Å². The van der Waals surface area contributed by atoms with Crippen LogP contribution in [-0.2, 0) is 17.1 Å². The van der Waals surface area contributed by atoms with Crippen molar-refractivity contribution in [1.82, 2.24) is 19.9 Å². The Morgan fingerprint density at radius 3 is 1.47 bits per heavy atom. The van der Waals surface area contributed by atoms with Crippen molar-refractivity contribution in [2.45, 2.75) is 0 Å². The second kappa shape index (κ2) is 10.2. The number of nitrogens with zero attached hydrogens (tertiary/aromatic N) is 2. The fraction of sp³-hybridized carbons (Fsp3) is 0. The number of carboxylic acid groups (broad SMARTS) is 1. The molecule has 7 heteroatoms. The van der Waals surface area contributed by atoms with Gasteiger partial charge in [0.15, 0.2) is 0 Å². The summed E-state index contributed by atoms with van der Waals surface area (Å²) in [7, 11) is 0. The summed E-state index contributed by atoms with van der Waals surface area (Å²) >= 11 is 0. The fourth-order valence-corrected chi connectivity index (χ4v) is 3.47. The Morgan fingerprint density at radius 2 is 1.06 bits per heavy atom. The summed E-state index contributed by atoms with van der Waals surface area (Å²) in [6, 6.07) is 25.3. The molecule has 0 amide bonds. The zero-order valence-electron chi connectivity index (χ0n) is 17.8. The van der Waals surface area contributed by atoms with Crippen molar-refractivity contribution in [3.05, 3.63) is 107 Å². The molecule has 34 heavy (non-hydrogen) atoms.